The maximum atomic E-state index is 14.4. The monoisotopic (exact) mass is 450 g/mol. The van der Waals surface area contributed by atoms with Gasteiger partial charge in [0, 0.05) is 23.4 Å². The molecule has 32 heavy (non-hydrogen) atoms. The van der Waals surface area contributed by atoms with Gasteiger partial charge in [0.2, 0.25) is 5.82 Å². The average Bonchev–Trinajstić information content (AvgIpc) is 2.99. The third kappa shape index (κ3) is 4.32. The zero-order chi connectivity index (χ0) is 23.8. The van der Waals surface area contributed by atoms with Crippen LogP contribution >= 0.6 is 0 Å². The number of carbonyl (C=O) groups excluding carboxylic acids is 1. The second kappa shape index (κ2) is 8.73. The molecule has 2 aromatic rings. The van der Waals surface area contributed by atoms with Crippen LogP contribution in [0, 0.1) is 17.6 Å². The maximum absolute atomic E-state index is 14.4. The van der Waals surface area contributed by atoms with Crippen LogP contribution in [-0.2, 0) is 15.1 Å². The number of nitrogens with zero attached hydrogens (tertiary/aromatic N) is 1. The molecule has 1 aromatic heterocycles. The molecule has 0 spiro atoms. The van der Waals surface area contributed by atoms with Crippen LogP contribution in [0.15, 0.2) is 30.5 Å². The van der Waals surface area contributed by atoms with Crippen molar-refractivity contribution in [2.45, 2.75) is 50.9 Å². The summed E-state index contributed by atoms with van der Waals surface area (Å²) in [6.45, 7) is 6.38. The lowest BCUT2D eigenvalue weighted by Gasteiger charge is -2.26. The van der Waals surface area contributed by atoms with E-state index in [4.69, 9.17) is 9.47 Å². The van der Waals surface area contributed by atoms with Gasteiger partial charge in [0.25, 0.3) is 5.91 Å². The van der Waals surface area contributed by atoms with Gasteiger partial charge in [-0.2, -0.15) is 4.39 Å². The molecule has 174 valence electrons. The topological polar surface area (TPSA) is 101 Å². The van der Waals surface area contributed by atoms with E-state index in [1.54, 1.807) is 0 Å². The summed E-state index contributed by atoms with van der Waals surface area (Å²) in [6, 6.07) is 5.40. The summed E-state index contributed by atoms with van der Waals surface area (Å²) in [7, 11) is 1.24. The summed E-state index contributed by atoms with van der Waals surface area (Å²) in [4.78, 5) is 17.3. The number of methoxy groups -OCH3 is 1. The van der Waals surface area contributed by atoms with Crippen molar-refractivity contribution in [1.29, 1.82) is 0 Å². The van der Waals surface area contributed by atoms with Gasteiger partial charge in [-0.05, 0) is 44.9 Å². The number of nitrogens with one attached hydrogen (secondary N) is 1. The van der Waals surface area contributed by atoms with Gasteiger partial charge < -0.3 is 25.0 Å². The minimum atomic E-state index is -1.58. The van der Waals surface area contributed by atoms with Crippen molar-refractivity contribution in [1.82, 2.24) is 4.98 Å². The third-order valence-corrected chi connectivity index (χ3v) is 6.18. The molecule has 3 rings (SSSR count). The average molecular weight is 450 g/mol. The summed E-state index contributed by atoms with van der Waals surface area (Å²) in [6.07, 6.45) is 0.376. The molecule has 0 aliphatic carbocycles. The summed E-state index contributed by atoms with van der Waals surface area (Å²) in [5.41, 5.74) is -1.46. The van der Waals surface area contributed by atoms with E-state index in [-0.39, 0.29) is 17.4 Å². The molecule has 0 bridgehead atoms. The second-order valence-electron chi connectivity index (χ2n) is 8.79. The number of aromatic nitrogens is 1. The number of amides is 1. The quantitative estimate of drug-likeness (QED) is 0.625. The Morgan fingerprint density at radius 3 is 2.66 bits per heavy atom. The van der Waals surface area contributed by atoms with Gasteiger partial charge in [-0.1, -0.05) is 13.0 Å². The Bertz CT molecular complexity index is 1010. The number of benzene rings is 1. The summed E-state index contributed by atoms with van der Waals surface area (Å²) in [5, 5.41) is 22.3. The third-order valence-electron chi connectivity index (χ3n) is 6.18. The van der Waals surface area contributed by atoms with Gasteiger partial charge in [-0.3, -0.25) is 9.78 Å². The molecule has 0 saturated carbocycles. The Morgan fingerprint density at radius 1 is 1.34 bits per heavy atom. The van der Waals surface area contributed by atoms with Gasteiger partial charge >= 0.3 is 0 Å². The zero-order valence-corrected chi connectivity index (χ0v) is 18.6. The molecule has 3 N–H and O–H groups in total. The van der Waals surface area contributed by atoms with Crippen LogP contribution in [0.2, 0.25) is 0 Å². The highest BCUT2D eigenvalue weighted by atomic mass is 19.2. The lowest BCUT2D eigenvalue weighted by Crippen LogP contribution is -2.33. The van der Waals surface area contributed by atoms with Crippen LogP contribution in [0.25, 0.3) is 0 Å². The van der Waals surface area contributed by atoms with Gasteiger partial charge in [0.15, 0.2) is 11.6 Å². The van der Waals surface area contributed by atoms with Gasteiger partial charge in [0.05, 0.1) is 25.0 Å². The van der Waals surface area contributed by atoms with Crippen molar-refractivity contribution in [3.63, 3.8) is 0 Å². The van der Waals surface area contributed by atoms with Crippen LogP contribution in [0.3, 0.4) is 0 Å². The Kier molecular flexibility index (Phi) is 6.55. The molecular weight excluding hydrogens is 422 g/mol. The molecule has 1 aromatic carbocycles. The Balaban J connectivity index is 1.97. The molecule has 7 nitrogen and oxygen atoms in total. The van der Waals surface area contributed by atoms with Crippen molar-refractivity contribution in [3.8, 4) is 5.75 Å². The van der Waals surface area contributed by atoms with Crippen molar-refractivity contribution >= 4 is 11.6 Å². The molecule has 4 atom stereocenters. The number of hydrogen-bond donors (Lipinski definition) is 3. The van der Waals surface area contributed by atoms with E-state index in [2.05, 4.69) is 10.3 Å². The summed E-state index contributed by atoms with van der Waals surface area (Å²) in [5.74, 6) is -3.77. The molecule has 0 radical (unpaired) electrons. The number of aliphatic hydroxyl groups excluding tert-OH is 1. The number of pyridine rings is 1. The van der Waals surface area contributed by atoms with E-state index in [0.717, 1.165) is 6.07 Å². The first kappa shape index (κ1) is 24.0. The number of aliphatic hydroxyl groups is 2. The van der Waals surface area contributed by atoms with Crippen molar-refractivity contribution in [2.75, 3.05) is 19.0 Å². The molecule has 1 aliphatic heterocycles. The first-order valence-corrected chi connectivity index (χ1v) is 10.2. The van der Waals surface area contributed by atoms with Gasteiger partial charge in [-0.15, -0.1) is 0 Å². The number of halogens is 2. The SMILES string of the molecule is COc1c([C@@H]2[C@@H](C)C(C)(C)O[C@H]2C(=O)Nc2ccnc([C@@](C)(O)CO)c2)ccc(F)c1F. The highest BCUT2D eigenvalue weighted by Crippen LogP contribution is 2.49. The fraction of sp³-hybridized carbons (Fsp3) is 0.478. The fourth-order valence-electron chi connectivity index (χ4n) is 3.97. The largest absolute Gasteiger partial charge is 0.493 e. The molecule has 9 heteroatoms. The van der Waals surface area contributed by atoms with Gasteiger partial charge in [0.1, 0.15) is 11.7 Å². The van der Waals surface area contributed by atoms with E-state index in [1.807, 2.05) is 20.8 Å². The molecule has 1 aliphatic rings. The van der Waals surface area contributed by atoms with Crippen LogP contribution < -0.4 is 10.1 Å². The van der Waals surface area contributed by atoms with Crippen LogP contribution in [-0.4, -0.2) is 46.5 Å². The maximum Gasteiger partial charge on any atom is 0.254 e. The lowest BCUT2D eigenvalue weighted by molar-refractivity contribution is -0.131. The van der Waals surface area contributed by atoms with Crippen molar-refractivity contribution in [2.24, 2.45) is 5.92 Å². The molecule has 1 fully saturated rings. The van der Waals surface area contributed by atoms with Crippen molar-refractivity contribution < 1.29 is 33.3 Å². The number of ether oxygens (including phenoxy) is 2. The van der Waals surface area contributed by atoms with Crippen LogP contribution in [0.4, 0.5) is 14.5 Å². The molecule has 1 amide bonds. The van der Waals surface area contributed by atoms with Crippen LogP contribution in [0.1, 0.15) is 44.9 Å². The molecule has 1 saturated heterocycles. The zero-order valence-electron chi connectivity index (χ0n) is 18.6. The van der Waals surface area contributed by atoms with E-state index >= 15 is 0 Å². The lowest BCUT2D eigenvalue weighted by atomic mass is 9.78. The smallest absolute Gasteiger partial charge is 0.254 e. The first-order chi connectivity index (χ1) is 14.9. The second-order valence-corrected chi connectivity index (χ2v) is 8.79. The minimum Gasteiger partial charge on any atom is -0.493 e. The highest BCUT2D eigenvalue weighted by molar-refractivity contribution is 5.95. The molecular formula is C23H28F2N2O5. The van der Waals surface area contributed by atoms with E-state index in [0.29, 0.717) is 11.3 Å². The summed E-state index contributed by atoms with van der Waals surface area (Å²) < 4.78 is 39.4. The normalized spacial score (nSPS) is 24.1. The van der Waals surface area contributed by atoms with Gasteiger partial charge in [-0.25, -0.2) is 4.39 Å². The van der Waals surface area contributed by atoms with E-state index < -0.39 is 47.4 Å². The standard InChI is InChI=1S/C23H28F2N2O5/c1-12-17(14-6-7-15(24)18(25)19(14)31-5)20(32-22(12,2)3)21(29)27-13-8-9-26-16(10-13)23(4,30)11-28/h6-10,12,17,20,28,30H,11H2,1-5H3,(H,26,27,29)/t12-,17+,20-,23+/m1/s1. The number of hydrogen-bond acceptors (Lipinski definition) is 6. The van der Waals surface area contributed by atoms with E-state index in [9.17, 15) is 23.8 Å². The Morgan fingerprint density at radius 2 is 2.03 bits per heavy atom. The highest BCUT2D eigenvalue weighted by Gasteiger charge is 2.51. The minimum absolute atomic E-state index is 0.178. The van der Waals surface area contributed by atoms with Crippen molar-refractivity contribution in [3.05, 3.63) is 53.4 Å². The number of rotatable bonds is 6. The number of anilines is 1. The Hall–Kier alpha value is -2.62. The Labute approximate surface area is 185 Å². The predicted molar refractivity (Wildman–Crippen MR) is 113 cm³/mol. The fourth-order valence-corrected chi connectivity index (χ4v) is 3.97. The van der Waals surface area contributed by atoms with Crippen LogP contribution in [0.5, 0.6) is 5.75 Å². The number of carbonyl (C=O) groups is 1. The van der Waals surface area contributed by atoms with E-state index in [1.165, 1.54) is 38.4 Å². The molecule has 0 unspecified atom stereocenters. The first-order valence-electron chi connectivity index (χ1n) is 10.2. The predicted octanol–water partition coefficient (Wildman–Crippen LogP) is 3.10. The molecule has 2 heterocycles. The summed E-state index contributed by atoms with van der Waals surface area (Å²) >= 11 is 0.